The van der Waals surface area contributed by atoms with Crippen LogP contribution in [0.25, 0.3) is 0 Å². The number of carbonyl (C=O) groups is 1. The number of carbonyl (C=O) groups excluding carboxylic acids is 1. The number of fused-ring (bicyclic) bond motifs is 1. The largest absolute Gasteiger partial charge is 0.462 e. The molecule has 1 atom stereocenters. The van der Waals surface area contributed by atoms with Gasteiger partial charge in [-0.15, -0.1) is 11.3 Å². The van der Waals surface area contributed by atoms with Crippen molar-refractivity contribution in [3.8, 4) is 6.07 Å². The zero-order valence-corrected chi connectivity index (χ0v) is 12.3. The third-order valence-electron chi connectivity index (χ3n) is 3.78. The maximum Gasteiger partial charge on any atom is 0.341 e. The molecule has 20 heavy (non-hydrogen) atoms. The minimum Gasteiger partial charge on any atom is -0.462 e. The van der Waals surface area contributed by atoms with E-state index < -0.39 is 5.41 Å². The molecule has 3 N–H and O–H groups in total. The van der Waals surface area contributed by atoms with Crippen molar-refractivity contribution in [3.63, 3.8) is 0 Å². The number of nitrogens with zero attached hydrogens (tertiary/aromatic N) is 1. The Kier molecular flexibility index (Phi) is 4.31. The molecule has 1 aromatic heterocycles. The Balaban J connectivity index is 2.34. The first-order valence-electron chi connectivity index (χ1n) is 6.66. The number of hydrogen-bond acceptors (Lipinski definition) is 6. The number of nitriles is 1. The molecule has 108 valence electrons. The summed E-state index contributed by atoms with van der Waals surface area (Å²) in [6.45, 7) is 2.07. The van der Waals surface area contributed by atoms with Gasteiger partial charge in [0.1, 0.15) is 5.00 Å². The predicted octanol–water partition coefficient (Wildman–Crippen LogP) is 1.89. The number of anilines is 1. The third-order valence-corrected chi connectivity index (χ3v) is 4.84. The van der Waals surface area contributed by atoms with Crippen LogP contribution in [0.2, 0.25) is 0 Å². The molecular weight excluding hydrogens is 276 g/mol. The minimum absolute atomic E-state index is 0.00547. The highest BCUT2D eigenvalue weighted by Crippen LogP contribution is 2.44. The Morgan fingerprint density at radius 2 is 2.40 bits per heavy atom. The molecule has 1 heterocycles. The molecule has 1 unspecified atom stereocenters. The lowest BCUT2D eigenvalue weighted by Gasteiger charge is -2.30. The number of nitrogens with two attached hydrogens (primary N) is 1. The molecule has 5 nitrogen and oxygen atoms in total. The van der Waals surface area contributed by atoms with Crippen LogP contribution in [0.3, 0.4) is 0 Å². The second-order valence-corrected chi connectivity index (χ2v) is 6.14. The number of rotatable bonds is 4. The lowest BCUT2D eigenvalue weighted by atomic mass is 9.73. The van der Waals surface area contributed by atoms with Crippen LogP contribution in [-0.4, -0.2) is 24.3 Å². The molecule has 0 spiro atoms. The van der Waals surface area contributed by atoms with Gasteiger partial charge in [-0.1, -0.05) is 0 Å². The highest BCUT2D eigenvalue weighted by atomic mass is 32.1. The molecule has 0 aliphatic heterocycles. The predicted molar refractivity (Wildman–Crippen MR) is 76.5 cm³/mol. The van der Waals surface area contributed by atoms with Crippen molar-refractivity contribution in [2.45, 2.75) is 32.6 Å². The van der Waals surface area contributed by atoms with Gasteiger partial charge in [0.25, 0.3) is 0 Å². The van der Waals surface area contributed by atoms with E-state index in [1.54, 1.807) is 6.92 Å². The van der Waals surface area contributed by atoms with Gasteiger partial charge in [0.2, 0.25) is 0 Å². The number of nitrogen functional groups attached to an aromatic ring is 1. The van der Waals surface area contributed by atoms with Crippen LogP contribution < -0.4 is 5.73 Å². The van der Waals surface area contributed by atoms with Gasteiger partial charge in [0, 0.05) is 17.9 Å². The fraction of sp³-hybridized carbons (Fsp3) is 0.571. The molecule has 0 bridgehead atoms. The van der Waals surface area contributed by atoms with E-state index in [0.29, 0.717) is 42.9 Å². The summed E-state index contributed by atoms with van der Waals surface area (Å²) in [7, 11) is 0. The van der Waals surface area contributed by atoms with Crippen LogP contribution >= 0.6 is 11.3 Å². The van der Waals surface area contributed by atoms with E-state index in [2.05, 4.69) is 6.07 Å². The maximum atomic E-state index is 12.0. The Morgan fingerprint density at radius 3 is 3.00 bits per heavy atom. The summed E-state index contributed by atoms with van der Waals surface area (Å²) in [5.41, 5.74) is 6.81. The summed E-state index contributed by atoms with van der Waals surface area (Å²) in [6.07, 6.45) is 2.27. The smallest absolute Gasteiger partial charge is 0.341 e. The van der Waals surface area contributed by atoms with E-state index in [4.69, 9.17) is 15.6 Å². The summed E-state index contributed by atoms with van der Waals surface area (Å²) in [5.74, 6) is -0.380. The molecule has 6 heteroatoms. The van der Waals surface area contributed by atoms with Crippen molar-refractivity contribution < 1.29 is 14.6 Å². The number of aliphatic hydroxyl groups is 1. The van der Waals surface area contributed by atoms with Gasteiger partial charge in [0.15, 0.2) is 0 Å². The number of hydrogen-bond donors (Lipinski definition) is 2. The molecule has 1 aromatic rings. The Morgan fingerprint density at radius 1 is 1.65 bits per heavy atom. The fourth-order valence-electron chi connectivity index (χ4n) is 2.71. The van der Waals surface area contributed by atoms with Crippen molar-refractivity contribution in [1.29, 1.82) is 5.26 Å². The number of ether oxygens (including phenoxy) is 1. The number of esters is 1. The van der Waals surface area contributed by atoms with Crippen LogP contribution in [0.4, 0.5) is 5.00 Å². The highest BCUT2D eigenvalue weighted by molar-refractivity contribution is 7.16. The highest BCUT2D eigenvalue weighted by Gasteiger charge is 2.38. The van der Waals surface area contributed by atoms with Crippen molar-refractivity contribution >= 4 is 22.3 Å². The molecular formula is C14H18N2O3S. The Hall–Kier alpha value is -1.58. The molecule has 0 fully saturated rings. The lowest BCUT2D eigenvalue weighted by Crippen LogP contribution is -2.28. The normalized spacial score (nSPS) is 21.1. The molecule has 1 aliphatic carbocycles. The van der Waals surface area contributed by atoms with E-state index in [9.17, 15) is 10.1 Å². The van der Waals surface area contributed by atoms with Crippen LogP contribution in [0, 0.1) is 16.7 Å². The van der Waals surface area contributed by atoms with Crippen molar-refractivity contribution in [2.24, 2.45) is 5.41 Å². The monoisotopic (exact) mass is 294 g/mol. The summed E-state index contributed by atoms with van der Waals surface area (Å²) >= 11 is 1.36. The van der Waals surface area contributed by atoms with Gasteiger partial charge in [-0.2, -0.15) is 5.26 Å². The second kappa shape index (κ2) is 5.81. The summed E-state index contributed by atoms with van der Waals surface area (Å²) in [5, 5.41) is 19.0. The van der Waals surface area contributed by atoms with Gasteiger partial charge in [-0.05, 0) is 31.7 Å². The van der Waals surface area contributed by atoms with Gasteiger partial charge < -0.3 is 15.6 Å². The van der Waals surface area contributed by atoms with Gasteiger partial charge in [0.05, 0.1) is 23.7 Å². The zero-order chi connectivity index (χ0) is 14.8. The van der Waals surface area contributed by atoms with Crippen molar-refractivity contribution in [3.05, 3.63) is 16.0 Å². The quantitative estimate of drug-likeness (QED) is 0.827. The average molecular weight is 294 g/mol. The Labute approximate surface area is 122 Å². The van der Waals surface area contributed by atoms with Crippen LogP contribution in [0.1, 0.15) is 40.6 Å². The van der Waals surface area contributed by atoms with E-state index in [1.165, 1.54) is 11.3 Å². The molecule has 1 aliphatic rings. The van der Waals surface area contributed by atoms with E-state index in [1.807, 2.05) is 0 Å². The topological polar surface area (TPSA) is 96.3 Å². The van der Waals surface area contributed by atoms with Crippen LogP contribution in [0.15, 0.2) is 0 Å². The van der Waals surface area contributed by atoms with Gasteiger partial charge in [-0.25, -0.2) is 4.79 Å². The first kappa shape index (κ1) is 14.8. The van der Waals surface area contributed by atoms with E-state index in [0.717, 1.165) is 10.4 Å². The van der Waals surface area contributed by atoms with Crippen molar-refractivity contribution in [1.82, 2.24) is 0 Å². The van der Waals surface area contributed by atoms with Crippen LogP contribution in [0.5, 0.6) is 0 Å². The number of aliphatic hydroxyl groups excluding tert-OH is 1. The Bertz CT molecular complexity index is 562. The van der Waals surface area contributed by atoms with Gasteiger partial charge in [-0.3, -0.25) is 0 Å². The fourth-order valence-corrected chi connectivity index (χ4v) is 3.96. The zero-order valence-electron chi connectivity index (χ0n) is 11.4. The first-order chi connectivity index (χ1) is 9.56. The van der Waals surface area contributed by atoms with Crippen LogP contribution in [-0.2, 0) is 17.6 Å². The maximum absolute atomic E-state index is 12.0. The summed E-state index contributed by atoms with van der Waals surface area (Å²) in [6, 6.07) is 2.33. The third kappa shape index (κ3) is 2.51. The molecule has 2 rings (SSSR count). The number of thiophene rings is 1. The van der Waals surface area contributed by atoms with Crippen molar-refractivity contribution in [2.75, 3.05) is 18.9 Å². The SMILES string of the molecule is CCOC(=O)c1c(N)sc2c1CCC(C#N)(CCO)C2. The van der Waals surface area contributed by atoms with E-state index >= 15 is 0 Å². The second-order valence-electron chi connectivity index (χ2n) is 5.01. The summed E-state index contributed by atoms with van der Waals surface area (Å²) < 4.78 is 5.04. The molecule has 0 saturated heterocycles. The van der Waals surface area contributed by atoms with Gasteiger partial charge >= 0.3 is 5.97 Å². The standard InChI is InChI=1S/C14H18N2O3S/c1-2-19-13(18)11-9-3-4-14(8-15,5-6-17)7-10(9)20-12(11)16/h17H,2-7,16H2,1H3. The molecule has 0 aromatic carbocycles. The summed E-state index contributed by atoms with van der Waals surface area (Å²) in [4.78, 5) is 12.9. The first-order valence-corrected chi connectivity index (χ1v) is 7.48. The lowest BCUT2D eigenvalue weighted by molar-refractivity contribution is 0.0526. The minimum atomic E-state index is -0.537. The van der Waals surface area contributed by atoms with E-state index in [-0.39, 0.29) is 12.6 Å². The molecule has 0 amide bonds. The average Bonchev–Trinajstić information content (AvgIpc) is 2.74. The molecule has 0 saturated carbocycles. The molecule has 0 radical (unpaired) electrons.